The normalized spacial score (nSPS) is 28.6. The number of benzene rings is 1. The number of carbonyl (C=O) groups is 1. The number of carbonyl (C=O) groups excluding carboxylic acids is 1. The summed E-state index contributed by atoms with van der Waals surface area (Å²) in [5.74, 6) is 0.122. The highest BCUT2D eigenvalue weighted by atomic mass is 16.3. The van der Waals surface area contributed by atoms with Gasteiger partial charge in [-0.25, -0.2) is 0 Å². The predicted molar refractivity (Wildman–Crippen MR) is 72.4 cm³/mol. The predicted octanol–water partition coefficient (Wildman–Crippen LogP) is 0.888. The molecule has 0 heterocycles. The van der Waals surface area contributed by atoms with Crippen LogP contribution in [0.4, 0.5) is 0 Å². The van der Waals surface area contributed by atoms with Crippen molar-refractivity contribution in [1.29, 1.82) is 0 Å². The van der Waals surface area contributed by atoms with E-state index in [1.165, 1.54) is 0 Å². The number of nitrogens with one attached hydrogen (secondary N) is 1. The zero-order chi connectivity index (χ0) is 13.6. The van der Waals surface area contributed by atoms with Crippen molar-refractivity contribution in [3.8, 4) is 0 Å². The Bertz CT molecular complexity index is 509. The number of hydrogen-bond donors (Lipinski definition) is 3. The Balaban J connectivity index is 1.78. The number of amides is 1. The van der Waals surface area contributed by atoms with Crippen LogP contribution in [-0.4, -0.2) is 22.7 Å². The van der Waals surface area contributed by atoms with Crippen LogP contribution in [0.5, 0.6) is 0 Å². The van der Waals surface area contributed by atoms with Gasteiger partial charge in [-0.15, -0.1) is 0 Å². The Kier molecular flexibility index (Phi) is 2.87. The maximum atomic E-state index is 12.3. The van der Waals surface area contributed by atoms with E-state index in [9.17, 15) is 9.90 Å². The monoisotopic (exact) mass is 260 g/mol. The van der Waals surface area contributed by atoms with Gasteiger partial charge >= 0.3 is 0 Å². The molecule has 4 heteroatoms. The number of fused-ring (bicyclic) bond motifs is 1. The molecule has 0 saturated heterocycles. The van der Waals surface area contributed by atoms with E-state index < -0.39 is 11.6 Å². The Morgan fingerprint density at radius 1 is 1.42 bits per heavy atom. The van der Waals surface area contributed by atoms with E-state index in [0.717, 1.165) is 24.0 Å². The summed E-state index contributed by atoms with van der Waals surface area (Å²) in [7, 11) is 0. The molecule has 0 bridgehead atoms. The van der Waals surface area contributed by atoms with Gasteiger partial charge in [0.1, 0.15) is 0 Å². The molecular weight excluding hydrogens is 240 g/mol. The summed E-state index contributed by atoms with van der Waals surface area (Å²) in [4.78, 5) is 12.3. The van der Waals surface area contributed by atoms with Crippen LogP contribution >= 0.6 is 0 Å². The number of rotatable bonds is 3. The molecular formula is C15H20N2O2. The average molecular weight is 260 g/mol. The number of aliphatic hydroxyl groups is 1. The molecule has 1 fully saturated rings. The van der Waals surface area contributed by atoms with E-state index >= 15 is 0 Å². The first-order chi connectivity index (χ1) is 9.00. The highest BCUT2D eigenvalue weighted by molar-refractivity contribution is 5.87. The molecule has 2 aliphatic carbocycles. The summed E-state index contributed by atoms with van der Waals surface area (Å²) >= 11 is 0. The molecule has 102 valence electrons. The Morgan fingerprint density at radius 2 is 2.11 bits per heavy atom. The van der Waals surface area contributed by atoms with Crippen LogP contribution in [0, 0.1) is 5.92 Å². The van der Waals surface area contributed by atoms with Crippen LogP contribution in [-0.2, 0) is 11.2 Å². The quantitative estimate of drug-likeness (QED) is 0.755. The highest BCUT2D eigenvalue weighted by Crippen LogP contribution is 2.39. The lowest BCUT2D eigenvalue weighted by atomic mass is 9.95. The zero-order valence-corrected chi connectivity index (χ0v) is 11.1. The van der Waals surface area contributed by atoms with Gasteiger partial charge in [0.2, 0.25) is 5.91 Å². The van der Waals surface area contributed by atoms with Crippen LogP contribution in [0.3, 0.4) is 0 Å². The van der Waals surface area contributed by atoms with Gasteiger partial charge in [-0.1, -0.05) is 24.3 Å². The van der Waals surface area contributed by atoms with E-state index in [0.29, 0.717) is 6.42 Å². The SMILES string of the molecule is CC(N)(C(=O)N[C@H]1c2ccccc2C[C@H]1O)C1CC1. The van der Waals surface area contributed by atoms with Crippen LogP contribution in [0.15, 0.2) is 24.3 Å². The van der Waals surface area contributed by atoms with Crippen LogP contribution in [0.25, 0.3) is 0 Å². The molecule has 4 N–H and O–H groups in total. The summed E-state index contributed by atoms with van der Waals surface area (Å²) in [5, 5.41) is 13.1. The molecule has 3 rings (SSSR count). The van der Waals surface area contributed by atoms with Gasteiger partial charge in [0.25, 0.3) is 0 Å². The first-order valence-electron chi connectivity index (χ1n) is 6.86. The van der Waals surface area contributed by atoms with Gasteiger partial charge in [-0.05, 0) is 36.8 Å². The molecule has 0 spiro atoms. The van der Waals surface area contributed by atoms with Gasteiger partial charge < -0.3 is 16.2 Å². The van der Waals surface area contributed by atoms with Crippen LogP contribution in [0.1, 0.15) is 36.9 Å². The average Bonchev–Trinajstić information content (AvgIpc) is 3.17. The van der Waals surface area contributed by atoms with Crippen molar-refractivity contribution in [2.24, 2.45) is 11.7 Å². The van der Waals surface area contributed by atoms with Crippen LogP contribution < -0.4 is 11.1 Å². The number of hydrogen-bond acceptors (Lipinski definition) is 3. The molecule has 4 nitrogen and oxygen atoms in total. The standard InChI is InChI=1S/C15H20N2O2/c1-15(16,10-6-7-10)14(19)17-13-11-5-3-2-4-9(11)8-12(13)18/h2-5,10,12-13,18H,6-8,16H2,1H3,(H,17,19)/t12-,13+,15?/m1/s1. The van der Waals surface area contributed by atoms with Gasteiger partial charge in [0.05, 0.1) is 17.7 Å². The Morgan fingerprint density at radius 3 is 2.79 bits per heavy atom. The van der Waals surface area contributed by atoms with Crippen molar-refractivity contribution >= 4 is 5.91 Å². The van der Waals surface area contributed by atoms with Crippen molar-refractivity contribution < 1.29 is 9.90 Å². The topological polar surface area (TPSA) is 75.4 Å². The fraction of sp³-hybridized carbons (Fsp3) is 0.533. The molecule has 3 atom stereocenters. The fourth-order valence-electron chi connectivity index (χ4n) is 2.91. The third kappa shape index (κ3) is 2.15. The molecule has 1 unspecified atom stereocenters. The molecule has 2 aliphatic rings. The molecule has 1 aromatic carbocycles. The maximum absolute atomic E-state index is 12.3. The van der Waals surface area contributed by atoms with Crippen molar-refractivity contribution in [3.63, 3.8) is 0 Å². The first-order valence-corrected chi connectivity index (χ1v) is 6.86. The van der Waals surface area contributed by atoms with Gasteiger partial charge in [-0.2, -0.15) is 0 Å². The third-order valence-electron chi connectivity index (χ3n) is 4.41. The molecule has 1 amide bonds. The van der Waals surface area contributed by atoms with Crippen molar-refractivity contribution in [2.45, 2.75) is 43.9 Å². The van der Waals surface area contributed by atoms with E-state index in [4.69, 9.17) is 5.73 Å². The van der Waals surface area contributed by atoms with E-state index in [1.54, 1.807) is 6.92 Å². The highest BCUT2D eigenvalue weighted by Gasteiger charge is 2.45. The summed E-state index contributed by atoms with van der Waals surface area (Å²) in [5.41, 5.74) is 7.40. The first kappa shape index (κ1) is 12.6. The van der Waals surface area contributed by atoms with Crippen molar-refractivity contribution in [3.05, 3.63) is 35.4 Å². The lowest BCUT2D eigenvalue weighted by molar-refractivity contribution is -0.128. The maximum Gasteiger partial charge on any atom is 0.240 e. The summed E-state index contributed by atoms with van der Waals surface area (Å²) < 4.78 is 0. The Hall–Kier alpha value is -1.39. The molecule has 1 saturated carbocycles. The second kappa shape index (κ2) is 4.32. The summed E-state index contributed by atoms with van der Waals surface area (Å²) in [6.45, 7) is 1.78. The van der Waals surface area contributed by atoms with E-state index in [-0.39, 0.29) is 17.9 Å². The molecule has 0 radical (unpaired) electrons. The minimum absolute atomic E-state index is 0.157. The summed E-state index contributed by atoms with van der Waals surface area (Å²) in [6, 6.07) is 7.51. The second-order valence-corrected chi connectivity index (χ2v) is 5.98. The minimum atomic E-state index is -0.822. The van der Waals surface area contributed by atoms with E-state index in [1.807, 2.05) is 24.3 Å². The van der Waals surface area contributed by atoms with Gasteiger partial charge in [0, 0.05) is 6.42 Å². The minimum Gasteiger partial charge on any atom is -0.390 e. The van der Waals surface area contributed by atoms with Gasteiger partial charge in [-0.3, -0.25) is 4.79 Å². The summed E-state index contributed by atoms with van der Waals surface area (Å²) in [6.07, 6.45) is 2.07. The number of aliphatic hydroxyl groups excluding tert-OH is 1. The molecule has 0 aliphatic heterocycles. The second-order valence-electron chi connectivity index (χ2n) is 5.98. The van der Waals surface area contributed by atoms with E-state index in [2.05, 4.69) is 5.32 Å². The molecule has 0 aromatic heterocycles. The van der Waals surface area contributed by atoms with Crippen molar-refractivity contribution in [2.75, 3.05) is 0 Å². The van der Waals surface area contributed by atoms with Crippen LogP contribution in [0.2, 0.25) is 0 Å². The zero-order valence-electron chi connectivity index (χ0n) is 11.1. The van der Waals surface area contributed by atoms with Crippen molar-refractivity contribution in [1.82, 2.24) is 5.32 Å². The molecule has 1 aromatic rings. The fourth-order valence-corrected chi connectivity index (χ4v) is 2.91. The van der Waals surface area contributed by atoms with Gasteiger partial charge in [0.15, 0.2) is 0 Å². The third-order valence-corrected chi connectivity index (χ3v) is 4.41. The lowest BCUT2D eigenvalue weighted by Gasteiger charge is -2.27. The molecule has 19 heavy (non-hydrogen) atoms. The largest absolute Gasteiger partial charge is 0.390 e. The lowest BCUT2D eigenvalue weighted by Crippen LogP contribution is -2.54. The smallest absolute Gasteiger partial charge is 0.240 e. The Labute approximate surface area is 113 Å². The number of nitrogens with two attached hydrogens (primary N) is 1.